The number of aromatic nitrogens is 3. The van der Waals surface area contributed by atoms with Crippen LogP contribution in [-0.2, 0) is 0 Å². The van der Waals surface area contributed by atoms with E-state index in [-0.39, 0.29) is 0 Å². The Bertz CT molecular complexity index is 3250. The van der Waals surface area contributed by atoms with Crippen LogP contribution in [0.4, 0.5) is 17.1 Å². The lowest BCUT2D eigenvalue weighted by Gasteiger charge is -2.26. The van der Waals surface area contributed by atoms with Crippen molar-refractivity contribution in [3.8, 4) is 33.8 Å². The van der Waals surface area contributed by atoms with Crippen LogP contribution in [0, 0.1) is 0 Å². The minimum Gasteiger partial charge on any atom is -0.310 e. The third-order valence-electron chi connectivity index (χ3n) is 11.0. The molecule has 0 spiro atoms. The number of para-hydroxylation sites is 2. The zero-order valence-corrected chi connectivity index (χ0v) is 30.9. The minimum absolute atomic E-state index is 0.892. The van der Waals surface area contributed by atoms with E-state index in [1.165, 1.54) is 16.2 Å². The van der Waals surface area contributed by atoms with Crippen LogP contribution in [0.3, 0.4) is 0 Å². The summed E-state index contributed by atoms with van der Waals surface area (Å²) >= 11 is 0. The molecule has 0 atom stereocenters. The number of rotatable bonds is 6. The van der Waals surface area contributed by atoms with Crippen LogP contribution in [0.2, 0.25) is 0 Å². The highest BCUT2D eigenvalue weighted by Crippen LogP contribution is 2.41. The molecule has 57 heavy (non-hydrogen) atoms. The van der Waals surface area contributed by atoms with E-state index in [2.05, 4.69) is 193 Å². The summed E-state index contributed by atoms with van der Waals surface area (Å²) in [4.78, 5) is 18.3. The lowest BCUT2D eigenvalue weighted by molar-refractivity contribution is 1.28. The maximum absolute atomic E-state index is 5.52. The highest BCUT2D eigenvalue weighted by Gasteiger charge is 2.18. The van der Waals surface area contributed by atoms with Gasteiger partial charge in [0.15, 0.2) is 0 Å². The van der Waals surface area contributed by atoms with Gasteiger partial charge in [0.2, 0.25) is 0 Å². The predicted octanol–water partition coefficient (Wildman–Crippen LogP) is 14.1. The first-order valence-corrected chi connectivity index (χ1v) is 19.3. The summed E-state index contributed by atoms with van der Waals surface area (Å²) in [6.45, 7) is 0. The molecule has 0 radical (unpaired) electrons. The van der Waals surface area contributed by atoms with Gasteiger partial charge in [-0.15, -0.1) is 0 Å². The lowest BCUT2D eigenvalue weighted by Crippen LogP contribution is -2.09. The van der Waals surface area contributed by atoms with Crippen LogP contribution in [0.1, 0.15) is 0 Å². The fourth-order valence-corrected chi connectivity index (χ4v) is 8.25. The number of benzene rings is 8. The Morgan fingerprint density at radius 3 is 1.56 bits per heavy atom. The van der Waals surface area contributed by atoms with Gasteiger partial charge in [0.25, 0.3) is 0 Å². The van der Waals surface area contributed by atoms with E-state index in [0.717, 1.165) is 88.9 Å². The number of hydrogen-bond donors (Lipinski definition) is 0. The van der Waals surface area contributed by atoms with Gasteiger partial charge in [-0.25, -0.2) is 15.0 Å². The topological polar surface area (TPSA) is 41.9 Å². The van der Waals surface area contributed by atoms with Crippen molar-refractivity contribution in [3.05, 3.63) is 206 Å². The molecule has 3 heterocycles. The molecule has 8 aromatic carbocycles. The van der Waals surface area contributed by atoms with Gasteiger partial charge in [-0.1, -0.05) is 152 Å². The monoisotopic (exact) mass is 726 g/mol. The Morgan fingerprint density at radius 1 is 0.316 bits per heavy atom. The highest BCUT2D eigenvalue weighted by atomic mass is 15.1. The Kier molecular flexibility index (Phi) is 7.78. The summed E-state index contributed by atoms with van der Waals surface area (Å²) in [5.41, 5.74) is 11.9. The lowest BCUT2D eigenvalue weighted by atomic mass is 9.94. The number of nitrogens with zero attached hydrogens (tertiary/aromatic N) is 4. The number of hydrogen-bond acceptors (Lipinski definition) is 4. The first kappa shape index (κ1) is 32.7. The quantitative estimate of drug-likeness (QED) is 0.160. The van der Waals surface area contributed by atoms with Crippen LogP contribution in [0.15, 0.2) is 206 Å². The summed E-state index contributed by atoms with van der Waals surface area (Å²) in [5.74, 6) is 0. The second-order valence-corrected chi connectivity index (χ2v) is 14.4. The van der Waals surface area contributed by atoms with Crippen LogP contribution in [0.25, 0.3) is 88.0 Å². The molecule has 0 bridgehead atoms. The third kappa shape index (κ3) is 5.74. The molecule has 0 saturated carbocycles. The van der Waals surface area contributed by atoms with E-state index in [0.29, 0.717) is 0 Å². The summed E-state index contributed by atoms with van der Waals surface area (Å²) < 4.78 is 0. The van der Waals surface area contributed by atoms with E-state index >= 15 is 0 Å². The second-order valence-electron chi connectivity index (χ2n) is 14.4. The van der Waals surface area contributed by atoms with Crippen LogP contribution < -0.4 is 4.90 Å². The van der Waals surface area contributed by atoms with Gasteiger partial charge in [-0.2, -0.15) is 0 Å². The van der Waals surface area contributed by atoms with Gasteiger partial charge in [0.1, 0.15) is 0 Å². The summed E-state index contributed by atoms with van der Waals surface area (Å²) in [6, 6.07) is 72.6. The van der Waals surface area contributed by atoms with Crippen LogP contribution >= 0.6 is 0 Å². The van der Waals surface area contributed by atoms with Crippen molar-refractivity contribution in [2.24, 2.45) is 0 Å². The van der Waals surface area contributed by atoms with Crippen molar-refractivity contribution in [1.82, 2.24) is 15.0 Å². The summed E-state index contributed by atoms with van der Waals surface area (Å²) in [6.07, 6.45) is 0. The van der Waals surface area contributed by atoms with E-state index in [9.17, 15) is 0 Å². The molecule has 11 rings (SSSR count). The zero-order chi connectivity index (χ0) is 37.7. The molecule has 0 aliphatic rings. The average Bonchev–Trinajstić information content (AvgIpc) is 3.29. The van der Waals surface area contributed by atoms with E-state index < -0.39 is 0 Å². The fourth-order valence-electron chi connectivity index (χ4n) is 8.25. The first-order chi connectivity index (χ1) is 28.2. The van der Waals surface area contributed by atoms with Crippen molar-refractivity contribution in [2.75, 3.05) is 4.90 Å². The van der Waals surface area contributed by atoms with Gasteiger partial charge in [0, 0.05) is 60.7 Å². The van der Waals surface area contributed by atoms with Crippen LogP contribution in [0.5, 0.6) is 0 Å². The summed E-state index contributed by atoms with van der Waals surface area (Å²) in [7, 11) is 0. The van der Waals surface area contributed by atoms with E-state index in [1.54, 1.807) is 0 Å². The molecule has 4 heteroatoms. The molecule has 0 saturated heterocycles. The Balaban J connectivity index is 1.10. The first-order valence-electron chi connectivity index (χ1n) is 19.3. The molecule has 0 N–H and O–H groups in total. The fraction of sp³-hybridized carbons (Fsp3) is 0. The molecule has 0 aliphatic carbocycles. The molecule has 3 aromatic heterocycles. The maximum atomic E-state index is 5.52. The molecule has 0 fully saturated rings. The van der Waals surface area contributed by atoms with Gasteiger partial charge in [-0.05, 0) is 65.4 Å². The van der Waals surface area contributed by atoms with Gasteiger partial charge >= 0.3 is 0 Å². The Morgan fingerprint density at radius 2 is 0.860 bits per heavy atom. The molecular formula is C53H34N4. The normalized spacial score (nSPS) is 11.5. The Labute approximate surface area is 330 Å². The molecule has 0 aliphatic heterocycles. The summed E-state index contributed by atoms with van der Waals surface area (Å²) in [5, 5.41) is 7.98. The number of pyridine rings is 3. The minimum atomic E-state index is 0.892. The molecular weight excluding hydrogens is 693 g/mol. The van der Waals surface area contributed by atoms with Crippen LogP contribution in [-0.4, -0.2) is 15.0 Å². The highest BCUT2D eigenvalue weighted by molar-refractivity contribution is 6.22. The standard InChI is InChI=1S/C53H34N4/c1-4-14-36(15-5-1)47-31-26-37-23-24-38-27-32-48(55-53(38)52(37)54-47)39-16-12-17-40(33-39)51-46-29-25-35-13-10-11-22-44(35)50(46)45-30-28-43(34-49(45)56-51)57(41-18-6-2-7-19-41)42-20-8-3-9-21-42/h1-34H. The molecule has 0 amide bonds. The number of fused-ring (bicyclic) bond motifs is 8. The maximum Gasteiger partial charge on any atom is 0.0972 e. The van der Waals surface area contributed by atoms with Gasteiger partial charge in [0.05, 0.1) is 33.6 Å². The average molecular weight is 727 g/mol. The predicted molar refractivity (Wildman–Crippen MR) is 238 cm³/mol. The largest absolute Gasteiger partial charge is 0.310 e. The van der Waals surface area contributed by atoms with Crippen molar-refractivity contribution >= 4 is 71.3 Å². The number of anilines is 3. The van der Waals surface area contributed by atoms with Crippen molar-refractivity contribution in [2.45, 2.75) is 0 Å². The van der Waals surface area contributed by atoms with Gasteiger partial charge in [-0.3, -0.25) is 0 Å². The van der Waals surface area contributed by atoms with E-state index in [1.807, 2.05) is 18.2 Å². The van der Waals surface area contributed by atoms with Crippen molar-refractivity contribution < 1.29 is 0 Å². The molecule has 266 valence electrons. The Hall–Kier alpha value is -7.69. The zero-order valence-electron chi connectivity index (χ0n) is 30.9. The van der Waals surface area contributed by atoms with E-state index in [4.69, 9.17) is 15.0 Å². The molecule has 11 aromatic rings. The molecule has 0 unspecified atom stereocenters. The second kappa shape index (κ2) is 13.6. The SMILES string of the molecule is c1ccc(-c2ccc3ccc4ccc(-c5cccc(-c6nc7cc(N(c8ccccc8)c8ccccc8)ccc7c7c6ccc6ccccc67)c5)nc4c3n2)cc1. The molecule has 4 nitrogen and oxygen atoms in total. The van der Waals surface area contributed by atoms with Gasteiger partial charge < -0.3 is 4.90 Å². The van der Waals surface area contributed by atoms with Crippen molar-refractivity contribution in [3.63, 3.8) is 0 Å². The smallest absolute Gasteiger partial charge is 0.0972 e. The van der Waals surface area contributed by atoms with Crippen molar-refractivity contribution in [1.29, 1.82) is 0 Å². The third-order valence-corrected chi connectivity index (χ3v) is 11.0.